The van der Waals surface area contributed by atoms with Gasteiger partial charge < -0.3 is 10.0 Å². The van der Waals surface area contributed by atoms with Gasteiger partial charge in [0.25, 0.3) is 5.91 Å². The maximum atomic E-state index is 12.6. The van der Waals surface area contributed by atoms with Crippen molar-refractivity contribution in [3.8, 4) is 0 Å². The minimum absolute atomic E-state index is 0.267. The van der Waals surface area contributed by atoms with Gasteiger partial charge in [-0.25, -0.2) is 4.39 Å². The molecule has 1 unspecified atom stereocenters. The molecule has 0 aromatic heterocycles. The Balaban J connectivity index is 2.45. The summed E-state index contributed by atoms with van der Waals surface area (Å²) in [6.45, 7) is 1.95. The van der Waals surface area contributed by atoms with Gasteiger partial charge in [0.05, 0.1) is 0 Å². The van der Waals surface area contributed by atoms with Crippen LogP contribution in [0.25, 0.3) is 0 Å². The second-order valence-corrected chi connectivity index (χ2v) is 3.81. The molecule has 0 radical (unpaired) electrons. The number of carbonyl (C=O) groups is 1. The lowest BCUT2D eigenvalue weighted by Crippen LogP contribution is -2.35. The summed E-state index contributed by atoms with van der Waals surface area (Å²) < 4.78 is 12.6. The van der Waals surface area contributed by atoms with Crippen LogP contribution in [-0.2, 0) is 11.2 Å². The van der Waals surface area contributed by atoms with Crippen LogP contribution >= 0.6 is 0 Å². The minimum atomic E-state index is -0.974. The van der Waals surface area contributed by atoms with Gasteiger partial charge in [0.2, 0.25) is 0 Å². The molecule has 4 heteroatoms. The molecule has 0 bridgehead atoms. The number of halogens is 1. The lowest BCUT2D eigenvalue weighted by molar-refractivity contribution is -0.137. The van der Waals surface area contributed by atoms with Crippen LogP contribution in [0.3, 0.4) is 0 Å². The lowest BCUT2D eigenvalue weighted by Gasteiger charge is -2.18. The number of hydrogen-bond donors (Lipinski definition) is 1. The molecule has 0 spiro atoms. The molecular weight excluding hydrogens is 209 g/mol. The summed E-state index contributed by atoms with van der Waals surface area (Å²) in [6.07, 6.45) is -0.326. The van der Waals surface area contributed by atoms with E-state index in [4.69, 9.17) is 5.11 Å². The van der Waals surface area contributed by atoms with Crippen LogP contribution in [0.2, 0.25) is 0 Å². The Morgan fingerprint density at radius 3 is 2.50 bits per heavy atom. The smallest absolute Gasteiger partial charge is 0.250 e. The predicted molar refractivity (Wildman–Crippen MR) is 59.4 cm³/mol. The van der Waals surface area contributed by atoms with Gasteiger partial charge in [0, 0.05) is 13.6 Å². The van der Waals surface area contributed by atoms with Gasteiger partial charge in [-0.15, -0.1) is 0 Å². The van der Waals surface area contributed by atoms with Gasteiger partial charge >= 0.3 is 0 Å². The molecule has 0 heterocycles. The quantitative estimate of drug-likeness (QED) is 0.836. The molecule has 1 amide bonds. The maximum absolute atomic E-state index is 12.6. The highest BCUT2D eigenvalue weighted by atomic mass is 19.1. The Labute approximate surface area is 94.5 Å². The van der Waals surface area contributed by atoms with E-state index in [1.54, 1.807) is 19.2 Å². The number of likely N-dealkylation sites (N-methyl/N-ethyl adjacent to an activating group) is 1. The summed E-state index contributed by atoms with van der Waals surface area (Å²) in [6, 6.07) is 6.17. The van der Waals surface area contributed by atoms with Crippen molar-refractivity contribution in [2.45, 2.75) is 19.4 Å². The fourth-order valence-corrected chi connectivity index (χ4v) is 1.38. The first-order valence-electron chi connectivity index (χ1n) is 5.18. The number of rotatable bonds is 4. The van der Waals surface area contributed by atoms with Crippen molar-refractivity contribution in [1.29, 1.82) is 0 Å². The molecule has 0 aliphatic rings. The Morgan fingerprint density at radius 1 is 1.44 bits per heavy atom. The summed E-state index contributed by atoms with van der Waals surface area (Å²) in [5, 5.41) is 9.08. The van der Waals surface area contributed by atoms with E-state index in [1.165, 1.54) is 24.0 Å². The molecule has 0 aliphatic heterocycles. The molecule has 0 saturated heterocycles. The van der Waals surface area contributed by atoms with E-state index in [9.17, 15) is 9.18 Å². The SMILES string of the molecule is CC(O)C(=O)N(C)CCc1ccc(F)cc1. The van der Waals surface area contributed by atoms with E-state index in [0.29, 0.717) is 13.0 Å². The highest BCUT2D eigenvalue weighted by molar-refractivity contribution is 5.79. The average Bonchev–Trinajstić information content (AvgIpc) is 2.26. The molecule has 0 fully saturated rings. The monoisotopic (exact) mass is 225 g/mol. The normalized spacial score (nSPS) is 12.2. The third kappa shape index (κ3) is 3.62. The molecule has 1 rings (SSSR count). The van der Waals surface area contributed by atoms with E-state index >= 15 is 0 Å². The first-order valence-corrected chi connectivity index (χ1v) is 5.18. The molecule has 3 nitrogen and oxygen atoms in total. The highest BCUT2D eigenvalue weighted by Gasteiger charge is 2.13. The van der Waals surface area contributed by atoms with Crippen LogP contribution in [0, 0.1) is 5.82 Å². The van der Waals surface area contributed by atoms with Crippen molar-refractivity contribution < 1.29 is 14.3 Å². The molecule has 1 N–H and O–H groups in total. The predicted octanol–water partition coefficient (Wildman–Crippen LogP) is 1.21. The first-order chi connectivity index (χ1) is 7.50. The second kappa shape index (κ2) is 5.61. The summed E-state index contributed by atoms with van der Waals surface area (Å²) in [4.78, 5) is 12.8. The van der Waals surface area contributed by atoms with Crippen molar-refractivity contribution in [3.05, 3.63) is 35.6 Å². The maximum Gasteiger partial charge on any atom is 0.250 e. The fraction of sp³-hybridized carbons (Fsp3) is 0.417. The number of aliphatic hydroxyl groups excluding tert-OH is 1. The number of benzene rings is 1. The average molecular weight is 225 g/mol. The van der Waals surface area contributed by atoms with Crippen LogP contribution in [-0.4, -0.2) is 35.6 Å². The molecule has 16 heavy (non-hydrogen) atoms. The summed E-state index contributed by atoms with van der Waals surface area (Å²) in [5.41, 5.74) is 0.964. The minimum Gasteiger partial charge on any atom is -0.384 e. The van der Waals surface area contributed by atoms with Gasteiger partial charge in [-0.2, -0.15) is 0 Å². The van der Waals surface area contributed by atoms with Crippen molar-refractivity contribution in [2.75, 3.05) is 13.6 Å². The summed E-state index contributed by atoms with van der Waals surface area (Å²) >= 11 is 0. The number of aliphatic hydroxyl groups is 1. The zero-order chi connectivity index (χ0) is 12.1. The van der Waals surface area contributed by atoms with E-state index < -0.39 is 6.10 Å². The van der Waals surface area contributed by atoms with E-state index in [0.717, 1.165) is 5.56 Å². The van der Waals surface area contributed by atoms with E-state index in [2.05, 4.69) is 0 Å². The van der Waals surface area contributed by atoms with Gasteiger partial charge in [-0.3, -0.25) is 4.79 Å². The third-order valence-electron chi connectivity index (χ3n) is 2.38. The Hall–Kier alpha value is -1.42. The van der Waals surface area contributed by atoms with E-state index in [1.807, 2.05) is 0 Å². The topological polar surface area (TPSA) is 40.5 Å². The molecule has 0 aliphatic carbocycles. The van der Waals surface area contributed by atoms with Crippen LogP contribution in [0.1, 0.15) is 12.5 Å². The standard InChI is InChI=1S/C12H16FNO2/c1-9(15)12(16)14(2)8-7-10-3-5-11(13)6-4-10/h3-6,9,15H,7-8H2,1-2H3. The van der Waals surface area contributed by atoms with Crippen LogP contribution in [0.5, 0.6) is 0 Å². The van der Waals surface area contributed by atoms with Gasteiger partial charge in [-0.1, -0.05) is 12.1 Å². The largest absolute Gasteiger partial charge is 0.384 e. The zero-order valence-electron chi connectivity index (χ0n) is 9.48. The lowest BCUT2D eigenvalue weighted by atomic mass is 10.1. The molecule has 1 aromatic carbocycles. The second-order valence-electron chi connectivity index (χ2n) is 3.81. The highest BCUT2D eigenvalue weighted by Crippen LogP contribution is 2.04. The van der Waals surface area contributed by atoms with E-state index in [-0.39, 0.29) is 11.7 Å². The molecule has 1 atom stereocenters. The molecule has 88 valence electrons. The van der Waals surface area contributed by atoms with Crippen molar-refractivity contribution in [1.82, 2.24) is 4.90 Å². The van der Waals surface area contributed by atoms with Crippen molar-refractivity contribution in [3.63, 3.8) is 0 Å². The Kier molecular flexibility index (Phi) is 4.43. The molecule has 1 aromatic rings. The van der Waals surface area contributed by atoms with Crippen LogP contribution < -0.4 is 0 Å². The summed E-state index contributed by atoms with van der Waals surface area (Å²) in [5.74, 6) is -0.570. The van der Waals surface area contributed by atoms with Gasteiger partial charge in [-0.05, 0) is 31.0 Å². The number of carbonyl (C=O) groups excluding carboxylic acids is 1. The van der Waals surface area contributed by atoms with Crippen LogP contribution in [0.15, 0.2) is 24.3 Å². The Bertz CT molecular complexity index is 349. The van der Waals surface area contributed by atoms with Crippen molar-refractivity contribution in [2.24, 2.45) is 0 Å². The molecular formula is C12H16FNO2. The summed E-state index contributed by atoms with van der Waals surface area (Å²) in [7, 11) is 1.64. The Morgan fingerprint density at radius 2 is 2.00 bits per heavy atom. The third-order valence-corrected chi connectivity index (χ3v) is 2.38. The van der Waals surface area contributed by atoms with Gasteiger partial charge in [0.15, 0.2) is 0 Å². The first kappa shape index (κ1) is 12.6. The zero-order valence-corrected chi connectivity index (χ0v) is 9.48. The van der Waals surface area contributed by atoms with Crippen LogP contribution in [0.4, 0.5) is 4.39 Å². The van der Waals surface area contributed by atoms with Gasteiger partial charge in [0.1, 0.15) is 11.9 Å². The number of nitrogens with zero attached hydrogens (tertiary/aromatic N) is 1. The fourth-order valence-electron chi connectivity index (χ4n) is 1.38. The molecule has 0 saturated carbocycles. The van der Waals surface area contributed by atoms with Crippen molar-refractivity contribution >= 4 is 5.91 Å². The number of hydrogen-bond acceptors (Lipinski definition) is 2. The number of amides is 1.